The molecule has 176 valence electrons. The van der Waals surface area contributed by atoms with Crippen LogP contribution in [-0.4, -0.2) is 46.6 Å². The second-order valence-electron chi connectivity index (χ2n) is 8.67. The van der Waals surface area contributed by atoms with Gasteiger partial charge in [0.2, 0.25) is 15.9 Å². The van der Waals surface area contributed by atoms with Crippen LogP contribution in [0.1, 0.15) is 24.8 Å². The third-order valence-corrected chi connectivity index (χ3v) is 8.42. The van der Waals surface area contributed by atoms with Gasteiger partial charge in [0.15, 0.2) is 0 Å². The Hall–Kier alpha value is -2.91. The van der Waals surface area contributed by atoms with E-state index in [-0.39, 0.29) is 23.3 Å². The molecule has 4 rings (SSSR count). The van der Waals surface area contributed by atoms with Gasteiger partial charge in [-0.15, -0.1) is 0 Å². The van der Waals surface area contributed by atoms with Gasteiger partial charge in [0.1, 0.15) is 0 Å². The van der Waals surface area contributed by atoms with Gasteiger partial charge in [0.05, 0.1) is 16.8 Å². The predicted octanol–water partition coefficient (Wildman–Crippen LogP) is 2.49. The minimum atomic E-state index is -3.33. The van der Waals surface area contributed by atoms with E-state index in [9.17, 15) is 18.0 Å². The molecule has 3 aromatic rings. The van der Waals surface area contributed by atoms with Crippen LogP contribution < -0.4 is 11.0 Å². The Balaban J connectivity index is 1.31. The number of sulfonamides is 1. The number of carbonyl (C=O) groups excluding carboxylic acids is 1. The van der Waals surface area contributed by atoms with Gasteiger partial charge in [-0.25, -0.2) is 17.5 Å². The summed E-state index contributed by atoms with van der Waals surface area (Å²) in [4.78, 5) is 24.9. The van der Waals surface area contributed by atoms with Crippen molar-refractivity contribution in [2.75, 3.05) is 24.2 Å². The fourth-order valence-corrected chi connectivity index (χ4v) is 5.99. The van der Waals surface area contributed by atoms with E-state index >= 15 is 0 Å². The summed E-state index contributed by atoms with van der Waals surface area (Å²) in [5.74, 6) is -0.235. The number of hydrogen-bond donors (Lipinski definition) is 1. The maximum absolute atomic E-state index is 12.8. The number of fused-ring (bicyclic) bond motifs is 1. The first kappa shape index (κ1) is 23.3. The van der Waals surface area contributed by atoms with Gasteiger partial charge < -0.3 is 5.32 Å². The summed E-state index contributed by atoms with van der Waals surface area (Å²) in [5, 5.41) is 2.93. The van der Waals surface area contributed by atoms with E-state index in [1.165, 1.54) is 4.31 Å². The first-order valence-electron chi connectivity index (χ1n) is 11.2. The molecule has 2 heterocycles. The van der Waals surface area contributed by atoms with Crippen LogP contribution in [0.4, 0.5) is 5.69 Å². The molecular weight excluding hydrogens is 440 g/mol. The largest absolute Gasteiger partial charge is 0.328 e. The summed E-state index contributed by atoms with van der Waals surface area (Å²) in [5.41, 5.74) is 3.19. The summed E-state index contributed by atoms with van der Waals surface area (Å²) >= 11 is 0. The fraction of sp³-hybridized carbons (Fsp3) is 0.417. The Morgan fingerprint density at radius 3 is 2.36 bits per heavy atom. The molecule has 1 fully saturated rings. The lowest BCUT2D eigenvalue weighted by Crippen LogP contribution is -2.42. The number of imidazole rings is 1. The van der Waals surface area contributed by atoms with Crippen molar-refractivity contribution in [1.82, 2.24) is 13.4 Å². The Morgan fingerprint density at radius 1 is 1.00 bits per heavy atom. The number of carbonyl (C=O) groups is 1. The number of aromatic nitrogens is 2. The molecule has 0 saturated carbocycles. The molecule has 0 unspecified atom stereocenters. The van der Waals surface area contributed by atoms with E-state index in [2.05, 4.69) is 5.32 Å². The molecule has 0 radical (unpaired) electrons. The minimum absolute atomic E-state index is 0.114. The Morgan fingerprint density at radius 2 is 1.67 bits per heavy atom. The fourth-order valence-electron chi connectivity index (χ4n) is 4.46. The molecule has 0 spiro atoms. The number of anilines is 1. The van der Waals surface area contributed by atoms with Crippen molar-refractivity contribution in [2.24, 2.45) is 20.0 Å². The van der Waals surface area contributed by atoms with Gasteiger partial charge in [-0.3, -0.25) is 13.9 Å². The number of benzene rings is 2. The lowest BCUT2D eigenvalue weighted by molar-refractivity contribution is -0.120. The van der Waals surface area contributed by atoms with E-state index in [0.717, 1.165) is 23.0 Å². The number of rotatable bonds is 7. The molecule has 0 atom stereocenters. The molecule has 8 nitrogen and oxygen atoms in total. The van der Waals surface area contributed by atoms with Gasteiger partial charge in [0.25, 0.3) is 0 Å². The minimum Gasteiger partial charge on any atom is -0.326 e. The van der Waals surface area contributed by atoms with Crippen molar-refractivity contribution in [3.05, 3.63) is 64.6 Å². The highest BCUT2D eigenvalue weighted by molar-refractivity contribution is 7.89. The molecule has 1 saturated heterocycles. The molecule has 0 bridgehead atoms. The molecule has 1 N–H and O–H groups in total. The van der Waals surface area contributed by atoms with Crippen molar-refractivity contribution in [3.63, 3.8) is 0 Å². The van der Waals surface area contributed by atoms with Crippen molar-refractivity contribution in [2.45, 2.75) is 25.7 Å². The summed E-state index contributed by atoms with van der Waals surface area (Å²) in [6.07, 6.45) is 2.30. The summed E-state index contributed by atoms with van der Waals surface area (Å²) < 4.78 is 30.1. The van der Waals surface area contributed by atoms with Crippen LogP contribution in [0, 0.1) is 5.92 Å². The van der Waals surface area contributed by atoms with Crippen LogP contribution in [0.3, 0.4) is 0 Å². The molecule has 1 amide bonds. The third kappa shape index (κ3) is 5.04. The van der Waals surface area contributed by atoms with Gasteiger partial charge in [0, 0.05) is 38.8 Å². The van der Waals surface area contributed by atoms with Crippen LogP contribution in [0.2, 0.25) is 0 Å². The summed E-state index contributed by atoms with van der Waals surface area (Å²) in [6, 6.07) is 15.3. The standard InChI is InChI=1S/C24H30N4O4S/c1-26-21-11-10-20(17-22(21)27(2)24(26)30)25-23(29)19-12-14-28(15-13-19)33(31,32)16-6-9-18-7-4-3-5-8-18/h3-5,7-8,10-11,17,19H,6,9,12-16H2,1-2H3,(H,25,29). The number of aryl methyl sites for hydroxylation is 3. The Kier molecular flexibility index (Phi) is 6.71. The van der Waals surface area contributed by atoms with Crippen LogP contribution in [-0.2, 0) is 35.3 Å². The van der Waals surface area contributed by atoms with Crippen LogP contribution in [0.15, 0.2) is 53.3 Å². The van der Waals surface area contributed by atoms with Gasteiger partial charge in [-0.1, -0.05) is 30.3 Å². The first-order chi connectivity index (χ1) is 15.8. The molecule has 1 aromatic heterocycles. The highest BCUT2D eigenvalue weighted by Gasteiger charge is 2.31. The molecule has 1 aliphatic heterocycles. The van der Waals surface area contributed by atoms with Crippen molar-refractivity contribution in [1.29, 1.82) is 0 Å². The van der Waals surface area contributed by atoms with Crippen molar-refractivity contribution < 1.29 is 13.2 Å². The maximum atomic E-state index is 12.8. The van der Waals surface area contributed by atoms with Crippen molar-refractivity contribution in [3.8, 4) is 0 Å². The van der Waals surface area contributed by atoms with E-state index in [0.29, 0.717) is 38.0 Å². The zero-order valence-corrected chi connectivity index (χ0v) is 19.8. The first-order valence-corrected chi connectivity index (χ1v) is 12.9. The number of hydrogen-bond acceptors (Lipinski definition) is 4. The van der Waals surface area contributed by atoms with Gasteiger partial charge in [-0.05, 0) is 49.4 Å². The number of nitrogens with zero attached hydrogens (tertiary/aromatic N) is 3. The smallest absolute Gasteiger partial charge is 0.326 e. The van der Waals surface area contributed by atoms with E-state index < -0.39 is 10.0 Å². The SMILES string of the molecule is Cn1c(=O)n(C)c2cc(NC(=O)C3CCN(S(=O)(=O)CCCc4ccccc4)CC3)ccc21. The molecule has 9 heteroatoms. The normalized spacial score (nSPS) is 15.7. The maximum Gasteiger partial charge on any atom is 0.328 e. The molecule has 33 heavy (non-hydrogen) atoms. The van der Waals surface area contributed by atoms with Crippen LogP contribution in [0.25, 0.3) is 11.0 Å². The van der Waals surface area contributed by atoms with E-state index in [1.807, 2.05) is 36.4 Å². The van der Waals surface area contributed by atoms with Crippen LogP contribution >= 0.6 is 0 Å². The lowest BCUT2D eigenvalue weighted by atomic mass is 9.97. The van der Waals surface area contributed by atoms with E-state index in [1.54, 1.807) is 35.4 Å². The lowest BCUT2D eigenvalue weighted by Gasteiger charge is -2.30. The number of nitrogens with one attached hydrogen (secondary N) is 1. The second-order valence-corrected chi connectivity index (χ2v) is 10.8. The average molecular weight is 471 g/mol. The topological polar surface area (TPSA) is 93.4 Å². The second kappa shape index (κ2) is 9.52. The summed E-state index contributed by atoms with van der Waals surface area (Å²) in [6.45, 7) is 0.718. The van der Waals surface area contributed by atoms with Crippen LogP contribution in [0.5, 0.6) is 0 Å². The average Bonchev–Trinajstić information content (AvgIpc) is 3.03. The molecule has 0 aliphatic carbocycles. The quantitative estimate of drug-likeness (QED) is 0.574. The summed E-state index contributed by atoms with van der Waals surface area (Å²) in [7, 11) is 0.0900. The molecular formula is C24H30N4O4S. The van der Waals surface area contributed by atoms with Gasteiger partial charge in [-0.2, -0.15) is 0 Å². The highest BCUT2D eigenvalue weighted by atomic mass is 32.2. The molecule has 1 aliphatic rings. The van der Waals surface area contributed by atoms with E-state index in [4.69, 9.17) is 0 Å². The zero-order valence-electron chi connectivity index (χ0n) is 19.0. The van der Waals surface area contributed by atoms with Gasteiger partial charge >= 0.3 is 5.69 Å². The monoisotopic (exact) mass is 470 g/mol. The Labute approximate surface area is 193 Å². The van der Waals surface area contributed by atoms with Crippen molar-refractivity contribution >= 4 is 32.7 Å². The Bertz CT molecular complexity index is 1300. The highest BCUT2D eigenvalue weighted by Crippen LogP contribution is 2.23. The predicted molar refractivity (Wildman–Crippen MR) is 130 cm³/mol. The molecule has 2 aromatic carbocycles. The third-order valence-electron chi connectivity index (χ3n) is 6.47. The number of piperidine rings is 1. The zero-order chi connectivity index (χ0) is 23.6. The number of amides is 1.